The summed E-state index contributed by atoms with van der Waals surface area (Å²) in [6.45, 7) is 3.71. The summed E-state index contributed by atoms with van der Waals surface area (Å²) in [7, 11) is 1.59. The Morgan fingerprint density at radius 3 is 2.46 bits per heavy atom. The minimum absolute atomic E-state index is 0.0662. The van der Waals surface area contributed by atoms with Crippen LogP contribution in [-0.4, -0.2) is 53.5 Å². The summed E-state index contributed by atoms with van der Waals surface area (Å²) >= 11 is 0. The van der Waals surface area contributed by atoms with Gasteiger partial charge in [-0.2, -0.15) is 0 Å². The van der Waals surface area contributed by atoms with Crippen molar-refractivity contribution in [1.82, 2.24) is 10.2 Å². The number of hydrogen-bond acceptors (Lipinski definition) is 4. The molecule has 1 fully saturated rings. The molecule has 2 aliphatic rings. The summed E-state index contributed by atoms with van der Waals surface area (Å²) in [5.74, 6) is -2.40. The van der Waals surface area contributed by atoms with Crippen LogP contribution in [0.4, 0.5) is 5.69 Å². The smallest absolute Gasteiger partial charge is 0.247 e. The Bertz CT molecular complexity index is 1130. The minimum Gasteiger partial charge on any atom is -0.394 e. The number of anilines is 1. The lowest BCUT2D eigenvalue weighted by molar-refractivity contribution is -0.142. The van der Waals surface area contributed by atoms with Crippen LogP contribution in [0.2, 0.25) is 0 Å². The fourth-order valence-corrected chi connectivity index (χ4v) is 5.87. The first-order valence-corrected chi connectivity index (χ1v) is 12.6. The number of carbonyl (C=O) groups excluding carboxylic acids is 3. The van der Waals surface area contributed by atoms with Gasteiger partial charge in [-0.15, -0.1) is 0 Å². The SMILES string of the molecule is CCC[C@@H]1C=C[C@H]2[C@H](C(=O)N([C@@H](CC)CO)[C@@H]2C(=O)Nc2ccc3ccccc3c2)[C@@H]1C(=O)NC. The molecule has 1 heterocycles. The average Bonchev–Trinajstić information content (AvgIpc) is 3.16. The van der Waals surface area contributed by atoms with E-state index in [4.69, 9.17) is 0 Å². The fraction of sp³-hybridized carbons (Fsp3) is 0.464. The highest BCUT2D eigenvalue weighted by molar-refractivity contribution is 6.03. The molecule has 7 heteroatoms. The number of hydrogen-bond donors (Lipinski definition) is 3. The number of benzene rings is 2. The first kappa shape index (κ1) is 24.9. The number of aliphatic hydroxyl groups excluding tert-OH is 1. The molecular weight excluding hydrogens is 442 g/mol. The molecule has 2 aromatic carbocycles. The van der Waals surface area contributed by atoms with E-state index in [-0.39, 0.29) is 30.2 Å². The van der Waals surface area contributed by atoms with Crippen LogP contribution in [0.3, 0.4) is 0 Å². The fourth-order valence-electron chi connectivity index (χ4n) is 5.87. The maximum atomic E-state index is 13.8. The van der Waals surface area contributed by atoms with Gasteiger partial charge in [-0.3, -0.25) is 14.4 Å². The first-order valence-electron chi connectivity index (χ1n) is 12.6. The molecule has 1 aliphatic heterocycles. The van der Waals surface area contributed by atoms with E-state index in [1.807, 2.05) is 61.5 Å². The van der Waals surface area contributed by atoms with E-state index >= 15 is 0 Å². The predicted molar refractivity (Wildman–Crippen MR) is 136 cm³/mol. The van der Waals surface area contributed by atoms with Gasteiger partial charge in [0.15, 0.2) is 0 Å². The number of nitrogens with one attached hydrogen (secondary N) is 2. The number of rotatable bonds is 8. The molecule has 7 nitrogen and oxygen atoms in total. The van der Waals surface area contributed by atoms with Crippen molar-refractivity contribution in [2.45, 2.75) is 45.2 Å². The van der Waals surface area contributed by atoms with Crippen LogP contribution in [0.25, 0.3) is 10.8 Å². The van der Waals surface area contributed by atoms with Crippen molar-refractivity contribution in [2.75, 3.05) is 19.0 Å². The van der Waals surface area contributed by atoms with Crippen LogP contribution < -0.4 is 10.6 Å². The van der Waals surface area contributed by atoms with Gasteiger partial charge in [0.05, 0.1) is 24.5 Å². The monoisotopic (exact) mass is 477 g/mol. The number of fused-ring (bicyclic) bond motifs is 2. The van der Waals surface area contributed by atoms with Crippen LogP contribution in [0.1, 0.15) is 33.1 Å². The Balaban J connectivity index is 1.72. The van der Waals surface area contributed by atoms with Gasteiger partial charge in [-0.1, -0.05) is 62.8 Å². The minimum atomic E-state index is -0.804. The van der Waals surface area contributed by atoms with E-state index in [0.29, 0.717) is 12.1 Å². The van der Waals surface area contributed by atoms with Gasteiger partial charge < -0.3 is 20.6 Å². The molecular formula is C28H35N3O4. The molecule has 1 aliphatic carbocycles. The van der Waals surface area contributed by atoms with Crippen molar-refractivity contribution < 1.29 is 19.5 Å². The summed E-state index contributed by atoms with van der Waals surface area (Å²) in [5, 5.41) is 17.9. The van der Waals surface area contributed by atoms with Crippen molar-refractivity contribution in [3.05, 3.63) is 54.6 Å². The van der Waals surface area contributed by atoms with Crippen molar-refractivity contribution >= 4 is 34.2 Å². The Hall–Kier alpha value is -3.19. The van der Waals surface area contributed by atoms with Gasteiger partial charge in [0.25, 0.3) is 0 Å². The van der Waals surface area contributed by atoms with E-state index in [0.717, 1.165) is 23.6 Å². The van der Waals surface area contributed by atoms with Gasteiger partial charge >= 0.3 is 0 Å². The highest BCUT2D eigenvalue weighted by atomic mass is 16.3. The van der Waals surface area contributed by atoms with Gasteiger partial charge in [0, 0.05) is 18.7 Å². The van der Waals surface area contributed by atoms with Crippen molar-refractivity contribution in [3.8, 4) is 0 Å². The molecule has 35 heavy (non-hydrogen) atoms. The van der Waals surface area contributed by atoms with E-state index in [1.54, 1.807) is 11.9 Å². The lowest BCUT2D eigenvalue weighted by Crippen LogP contribution is -2.50. The van der Waals surface area contributed by atoms with Crippen molar-refractivity contribution in [3.63, 3.8) is 0 Å². The Labute approximate surface area is 206 Å². The van der Waals surface area contributed by atoms with Crippen molar-refractivity contribution in [1.29, 1.82) is 0 Å². The summed E-state index contributed by atoms with van der Waals surface area (Å²) < 4.78 is 0. The number of nitrogens with zero attached hydrogens (tertiary/aromatic N) is 1. The number of allylic oxidation sites excluding steroid dienone is 1. The summed E-state index contributed by atoms with van der Waals surface area (Å²) in [4.78, 5) is 42.1. The Morgan fingerprint density at radius 2 is 1.80 bits per heavy atom. The van der Waals surface area contributed by atoms with Gasteiger partial charge in [-0.25, -0.2) is 0 Å². The lowest BCUT2D eigenvalue weighted by atomic mass is 9.68. The van der Waals surface area contributed by atoms with Crippen LogP contribution in [-0.2, 0) is 14.4 Å². The zero-order valence-electron chi connectivity index (χ0n) is 20.6. The average molecular weight is 478 g/mol. The third-order valence-corrected chi connectivity index (χ3v) is 7.58. The van der Waals surface area contributed by atoms with Crippen LogP contribution in [0.5, 0.6) is 0 Å². The lowest BCUT2D eigenvalue weighted by Gasteiger charge is -2.34. The third kappa shape index (κ3) is 4.57. The molecule has 186 valence electrons. The molecule has 0 aromatic heterocycles. The summed E-state index contributed by atoms with van der Waals surface area (Å²) in [5.41, 5.74) is 0.646. The number of amides is 3. The molecule has 3 N–H and O–H groups in total. The normalized spacial score (nSPS) is 26.5. The summed E-state index contributed by atoms with van der Waals surface area (Å²) in [6, 6.07) is 12.3. The molecule has 2 aromatic rings. The van der Waals surface area contributed by atoms with E-state index in [2.05, 4.69) is 17.6 Å². The molecule has 0 bridgehead atoms. The van der Waals surface area contributed by atoms with Crippen molar-refractivity contribution in [2.24, 2.45) is 23.7 Å². The second-order valence-electron chi connectivity index (χ2n) is 9.57. The zero-order chi connectivity index (χ0) is 25.1. The standard InChI is InChI=1S/C28H35N3O4/c1-4-8-18-12-14-22-24(23(18)26(33)29-3)28(35)31(21(5-2)16-32)25(22)27(34)30-20-13-11-17-9-6-7-10-19(17)15-20/h6-7,9-15,18,21-25,32H,4-5,8,16H2,1-3H3,(H,29,33)(H,30,34)/t18-,21+,22+,23-,24+,25+/m1/s1. The van der Waals surface area contributed by atoms with E-state index in [9.17, 15) is 19.5 Å². The molecule has 3 amide bonds. The van der Waals surface area contributed by atoms with E-state index < -0.39 is 29.8 Å². The highest BCUT2D eigenvalue weighted by Crippen LogP contribution is 2.46. The number of aliphatic hydroxyl groups is 1. The summed E-state index contributed by atoms with van der Waals surface area (Å²) in [6.07, 6.45) is 6.15. The third-order valence-electron chi connectivity index (χ3n) is 7.58. The van der Waals surface area contributed by atoms with E-state index in [1.165, 1.54) is 0 Å². The first-order chi connectivity index (χ1) is 16.9. The van der Waals surface area contributed by atoms with Gasteiger partial charge in [-0.05, 0) is 41.7 Å². The Kier molecular flexibility index (Phi) is 7.55. The van der Waals surface area contributed by atoms with Crippen LogP contribution in [0.15, 0.2) is 54.6 Å². The maximum Gasteiger partial charge on any atom is 0.247 e. The second kappa shape index (κ2) is 10.6. The molecule has 0 radical (unpaired) electrons. The van der Waals surface area contributed by atoms with Crippen LogP contribution in [0, 0.1) is 23.7 Å². The molecule has 0 unspecified atom stereocenters. The topological polar surface area (TPSA) is 98.7 Å². The maximum absolute atomic E-state index is 13.8. The second-order valence-corrected chi connectivity index (χ2v) is 9.57. The quantitative estimate of drug-likeness (QED) is 0.508. The molecule has 1 saturated heterocycles. The molecule has 0 spiro atoms. The molecule has 6 atom stereocenters. The number of likely N-dealkylation sites (tertiary alicyclic amines) is 1. The zero-order valence-corrected chi connectivity index (χ0v) is 20.6. The van der Waals surface area contributed by atoms with Gasteiger partial charge in [0.2, 0.25) is 17.7 Å². The molecule has 0 saturated carbocycles. The number of carbonyl (C=O) groups is 3. The van der Waals surface area contributed by atoms with Gasteiger partial charge in [0.1, 0.15) is 6.04 Å². The van der Waals surface area contributed by atoms with Crippen LogP contribution >= 0.6 is 0 Å². The largest absolute Gasteiger partial charge is 0.394 e. The highest BCUT2D eigenvalue weighted by Gasteiger charge is 2.58. The molecule has 4 rings (SSSR count). The predicted octanol–water partition coefficient (Wildman–Crippen LogP) is 3.34. The Morgan fingerprint density at radius 1 is 1.06 bits per heavy atom.